The molecular formula is C11H18N4. The predicted molar refractivity (Wildman–Crippen MR) is 59.8 cm³/mol. The molecule has 0 spiro atoms. The topological polar surface area (TPSA) is 54.0 Å². The first-order valence-corrected chi connectivity index (χ1v) is 5.24. The fourth-order valence-corrected chi connectivity index (χ4v) is 1.86. The van der Waals surface area contributed by atoms with Gasteiger partial charge in [-0.15, -0.1) is 0 Å². The zero-order valence-electron chi connectivity index (χ0n) is 9.78. The van der Waals surface area contributed by atoms with Gasteiger partial charge in [0.25, 0.3) is 0 Å². The van der Waals surface area contributed by atoms with Crippen LogP contribution in [0.25, 0.3) is 0 Å². The third kappa shape index (κ3) is 1.54. The molecule has 0 bridgehead atoms. The van der Waals surface area contributed by atoms with E-state index < -0.39 is 0 Å². The van der Waals surface area contributed by atoms with Crippen molar-refractivity contribution in [2.75, 3.05) is 0 Å². The van der Waals surface area contributed by atoms with E-state index in [1.807, 2.05) is 17.2 Å². The van der Waals surface area contributed by atoms with E-state index in [2.05, 4.69) is 38.0 Å². The lowest BCUT2D eigenvalue weighted by molar-refractivity contribution is 0.190. The number of nitrogens with zero attached hydrogens (tertiary/aromatic N) is 3. The predicted octanol–water partition coefficient (Wildman–Crippen LogP) is 2.36. The fraction of sp³-hybridized carbons (Fsp3) is 0.636. The molecule has 1 aliphatic heterocycles. The lowest BCUT2D eigenvalue weighted by Crippen LogP contribution is -2.40. The van der Waals surface area contributed by atoms with E-state index in [1.54, 1.807) is 0 Å². The van der Waals surface area contributed by atoms with Crippen molar-refractivity contribution in [3.05, 3.63) is 23.5 Å². The second kappa shape index (κ2) is 2.84. The number of fused-ring (bicyclic) bond motifs is 1. The molecule has 0 aromatic heterocycles. The molecule has 1 aliphatic carbocycles. The summed E-state index contributed by atoms with van der Waals surface area (Å²) < 4.78 is 0. The molecule has 0 saturated heterocycles. The molecule has 4 nitrogen and oxygen atoms in total. The minimum atomic E-state index is -0.212. The van der Waals surface area contributed by atoms with Gasteiger partial charge in [-0.05, 0) is 33.8 Å². The Hall–Kier alpha value is -1.32. The number of hydrogen-bond acceptors (Lipinski definition) is 4. The highest BCUT2D eigenvalue weighted by Crippen LogP contribution is 2.41. The van der Waals surface area contributed by atoms with Gasteiger partial charge in [0, 0.05) is 12.1 Å². The minimum Gasteiger partial charge on any atom is -0.399 e. The number of nitrogens with two attached hydrogens (primary N) is 1. The van der Waals surface area contributed by atoms with Gasteiger partial charge in [-0.2, -0.15) is 5.11 Å². The smallest absolute Gasteiger partial charge is 0.126 e. The van der Waals surface area contributed by atoms with Crippen molar-refractivity contribution < 1.29 is 0 Å². The lowest BCUT2D eigenvalue weighted by atomic mass is 9.88. The average Bonchev–Trinajstić information content (AvgIpc) is 2.42. The molecule has 2 rings (SSSR count). The summed E-state index contributed by atoms with van der Waals surface area (Å²) in [5.41, 5.74) is 7.48. The molecule has 0 amide bonds. The Labute approximate surface area is 90.5 Å². The highest BCUT2D eigenvalue weighted by atomic mass is 15.6. The maximum Gasteiger partial charge on any atom is 0.126 e. The van der Waals surface area contributed by atoms with Gasteiger partial charge in [0.05, 0.1) is 11.2 Å². The Morgan fingerprint density at radius 3 is 2.73 bits per heavy atom. The summed E-state index contributed by atoms with van der Waals surface area (Å²) in [5.74, 6) is 0. The van der Waals surface area contributed by atoms with Crippen molar-refractivity contribution >= 4 is 0 Å². The molecule has 1 unspecified atom stereocenters. The van der Waals surface area contributed by atoms with Crippen molar-refractivity contribution in [3.8, 4) is 0 Å². The first kappa shape index (κ1) is 10.2. The molecule has 0 aromatic carbocycles. The summed E-state index contributed by atoms with van der Waals surface area (Å²) in [6.45, 7) is 8.45. The van der Waals surface area contributed by atoms with Crippen LogP contribution in [0.2, 0.25) is 0 Å². The Balaban J connectivity index is 2.41. The highest BCUT2D eigenvalue weighted by Gasteiger charge is 2.42. The Bertz CT molecular complexity index is 373. The zero-order valence-corrected chi connectivity index (χ0v) is 9.78. The summed E-state index contributed by atoms with van der Waals surface area (Å²) in [7, 11) is 0. The van der Waals surface area contributed by atoms with E-state index in [4.69, 9.17) is 5.73 Å². The zero-order chi connectivity index (χ0) is 11.3. The third-order valence-corrected chi connectivity index (χ3v) is 2.81. The van der Waals surface area contributed by atoms with Crippen molar-refractivity contribution in [2.45, 2.75) is 45.2 Å². The van der Waals surface area contributed by atoms with Crippen LogP contribution in [0.1, 0.15) is 34.1 Å². The van der Waals surface area contributed by atoms with Gasteiger partial charge in [-0.25, -0.2) is 5.01 Å². The number of hydrogen-bond donors (Lipinski definition) is 1. The maximum atomic E-state index is 5.83. The average molecular weight is 206 g/mol. The Morgan fingerprint density at radius 1 is 1.47 bits per heavy atom. The van der Waals surface area contributed by atoms with E-state index in [0.717, 1.165) is 17.8 Å². The summed E-state index contributed by atoms with van der Waals surface area (Å²) in [4.78, 5) is 0. The van der Waals surface area contributed by atoms with Crippen LogP contribution in [-0.2, 0) is 0 Å². The summed E-state index contributed by atoms with van der Waals surface area (Å²) in [6, 6.07) is 0. The van der Waals surface area contributed by atoms with Crippen LogP contribution in [0, 0.1) is 0 Å². The first-order valence-electron chi connectivity index (χ1n) is 5.24. The van der Waals surface area contributed by atoms with Crippen molar-refractivity contribution in [1.29, 1.82) is 0 Å². The van der Waals surface area contributed by atoms with Gasteiger partial charge in [0.1, 0.15) is 5.54 Å². The van der Waals surface area contributed by atoms with Crippen LogP contribution in [0.4, 0.5) is 0 Å². The molecule has 15 heavy (non-hydrogen) atoms. The summed E-state index contributed by atoms with van der Waals surface area (Å²) >= 11 is 0. The molecule has 1 heterocycles. The van der Waals surface area contributed by atoms with Gasteiger partial charge >= 0.3 is 0 Å². The summed E-state index contributed by atoms with van der Waals surface area (Å²) in [6.07, 6.45) is 4.82. The monoisotopic (exact) mass is 206 g/mol. The highest BCUT2D eigenvalue weighted by molar-refractivity contribution is 5.35. The second-order valence-corrected chi connectivity index (χ2v) is 5.38. The van der Waals surface area contributed by atoms with Gasteiger partial charge < -0.3 is 5.73 Å². The van der Waals surface area contributed by atoms with Crippen LogP contribution in [0.3, 0.4) is 0 Å². The van der Waals surface area contributed by atoms with E-state index in [9.17, 15) is 0 Å². The third-order valence-electron chi connectivity index (χ3n) is 2.81. The second-order valence-electron chi connectivity index (χ2n) is 5.38. The standard InChI is InChI=1S/C11H18N4/c1-10(2,3)15-9-7-8(12)5-6-11(9,4)13-14-15/h5,7H,6,12H2,1-4H3. The van der Waals surface area contributed by atoms with E-state index in [0.29, 0.717) is 0 Å². The Kier molecular flexibility index (Phi) is 1.93. The van der Waals surface area contributed by atoms with Gasteiger partial charge in [0.15, 0.2) is 0 Å². The lowest BCUT2D eigenvalue weighted by Gasteiger charge is -2.34. The minimum absolute atomic E-state index is 0.0509. The van der Waals surface area contributed by atoms with Crippen LogP contribution < -0.4 is 5.73 Å². The normalized spacial score (nSPS) is 30.0. The molecule has 0 aromatic rings. The number of rotatable bonds is 0. The van der Waals surface area contributed by atoms with E-state index in [1.165, 1.54) is 0 Å². The molecule has 2 N–H and O–H groups in total. The molecule has 0 fully saturated rings. The van der Waals surface area contributed by atoms with Crippen molar-refractivity contribution in [1.82, 2.24) is 5.01 Å². The van der Waals surface area contributed by atoms with Crippen molar-refractivity contribution in [3.63, 3.8) is 0 Å². The maximum absolute atomic E-state index is 5.83. The quantitative estimate of drug-likeness (QED) is 0.661. The summed E-state index contributed by atoms with van der Waals surface area (Å²) in [5, 5.41) is 10.6. The van der Waals surface area contributed by atoms with E-state index >= 15 is 0 Å². The number of allylic oxidation sites excluding steroid dienone is 1. The molecule has 0 saturated carbocycles. The fourth-order valence-electron chi connectivity index (χ4n) is 1.86. The first-order chi connectivity index (χ1) is 6.83. The largest absolute Gasteiger partial charge is 0.399 e. The van der Waals surface area contributed by atoms with Gasteiger partial charge in [0.2, 0.25) is 0 Å². The van der Waals surface area contributed by atoms with Crippen LogP contribution in [-0.4, -0.2) is 16.1 Å². The van der Waals surface area contributed by atoms with Crippen LogP contribution in [0.5, 0.6) is 0 Å². The van der Waals surface area contributed by atoms with Crippen LogP contribution in [0.15, 0.2) is 33.9 Å². The van der Waals surface area contributed by atoms with Crippen molar-refractivity contribution in [2.24, 2.45) is 16.1 Å². The molecular weight excluding hydrogens is 188 g/mol. The molecule has 0 radical (unpaired) electrons. The van der Waals surface area contributed by atoms with Crippen LogP contribution >= 0.6 is 0 Å². The molecule has 2 aliphatic rings. The molecule has 4 heteroatoms. The SMILES string of the molecule is CC12CC=C(N)C=C1N(C(C)(C)C)N=N2. The van der Waals surface area contributed by atoms with E-state index in [-0.39, 0.29) is 11.1 Å². The van der Waals surface area contributed by atoms with Gasteiger partial charge in [-0.1, -0.05) is 11.3 Å². The Morgan fingerprint density at radius 2 is 2.13 bits per heavy atom. The molecule has 1 atom stereocenters. The van der Waals surface area contributed by atoms with Gasteiger partial charge in [-0.3, -0.25) is 0 Å². The molecule has 82 valence electrons.